The van der Waals surface area contributed by atoms with E-state index in [2.05, 4.69) is 22.9 Å². The molecule has 0 heterocycles. The number of rotatable bonds is 18. The van der Waals surface area contributed by atoms with Crippen LogP contribution in [0, 0.1) is 29.5 Å². The molecule has 0 radical (unpaired) electrons. The third kappa shape index (κ3) is 13.1. The van der Waals surface area contributed by atoms with Crippen LogP contribution in [0.2, 0.25) is 0 Å². The van der Waals surface area contributed by atoms with E-state index in [1.807, 2.05) is 41.5 Å². The summed E-state index contributed by atoms with van der Waals surface area (Å²) in [5, 5.41) is 8.91. The Labute approximate surface area is 313 Å². The van der Waals surface area contributed by atoms with Gasteiger partial charge in [-0.15, -0.1) is 0 Å². The first kappa shape index (κ1) is 41.1. The molecule has 3 amide bonds. The van der Waals surface area contributed by atoms with Gasteiger partial charge < -0.3 is 34.9 Å². The minimum absolute atomic E-state index is 0.0570. The number of hydrogen-bond acceptors (Lipinski definition) is 7. The number of amides is 3. The average Bonchev–Trinajstić information content (AvgIpc) is 3.11. The molecule has 0 aromatic heterocycles. The van der Waals surface area contributed by atoms with Gasteiger partial charge in [-0.05, 0) is 104 Å². The molecule has 0 unspecified atom stereocenters. The summed E-state index contributed by atoms with van der Waals surface area (Å²) in [4.78, 5) is 40.1. The first-order valence-electron chi connectivity index (χ1n) is 18.8. The predicted molar refractivity (Wildman–Crippen MR) is 206 cm³/mol. The average molecular weight is 734 g/mol. The van der Waals surface area contributed by atoms with Crippen molar-refractivity contribution < 1.29 is 37.7 Å². The molecule has 1 aliphatic rings. The lowest BCUT2D eigenvalue weighted by Gasteiger charge is -2.27. The van der Waals surface area contributed by atoms with E-state index in [0.29, 0.717) is 66.7 Å². The molecule has 1 fully saturated rings. The molecule has 1 aliphatic carbocycles. The Morgan fingerprint density at radius 1 is 0.623 bits per heavy atom. The number of hydrogen-bond donors (Lipinski definition) is 3. The SMILES string of the molecule is CC(C)COCCOc1cc(C(=O)Nc2ccc(C(=O)Nc3ccc(C(=O)NC4CCC(C)CC4)cc3OCC(C)C)cc2OCC(C)C)ccc1F. The van der Waals surface area contributed by atoms with E-state index in [0.717, 1.165) is 25.7 Å². The van der Waals surface area contributed by atoms with Crippen LogP contribution in [0.3, 0.4) is 0 Å². The maximum Gasteiger partial charge on any atom is 0.255 e. The van der Waals surface area contributed by atoms with E-state index in [1.54, 1.807) is 36.4 Å². The number of ether oxygens (including phenoxy) is 4. The third-order valence-electron chi connectivity index (χ3n) is 8.61. The van der Waals surface area contributed by atoms with Gasteiger partial charge in [0.05, 0.1) is 31.2 Å². The first-order chi connectivity index (χ1) is 25.3. The van der Waals surface area contributed by atoms with Crippen molar-refractivity contribution in [3.63, 3.8) is 0 Å². The van der Waals surface area contributed by atoms with Crippen LogP contribution in [-0.4, -0.2) is 56.8 Å². The Hall–Kier alpha value is -4.64. The Balaban J connectivity index is 1.49. The van der Waals surface area contributed by atoms with Gasteiger partial charge in [-0.25, -0.2) is 4.39 Å². The van der Waals surface area contributed by atoms with Crippen LogP contribution in [0.5, 0.6) is 17.2 Å². The zero-order valence-corrected chi connectivity index (χ0v) is 32.2. The van der Waals surface area contributed by atoms with E-state index in [4.69, 9.17) is 18.9 Å². The van der Waals surface area contributed by atoms with E-state index in [-0.39, 0.29) is 47.3 Å². The summed E-state index contributed by atoms with van der Waals surface area (Å²) >= 11 is 0. The molecule has 3 aromatic rings. The first-order valence-corrected chi connectivity index (χ1v) is 18.8. The molecule has 4 rings (SSSR count). The van der Waals surface area contributed by atoms with Gasteiger partial charge in [-0.1, -0.05) is 48.5 Å². The van der Waals surface area contributed by atoms with Crippen molar-refractivity contribution in [2.75, 3.05) is 43.7 Å². The maximum atomic E-state index is 14.5. The number of anilines is 2. The molecular weight excluding hydrogens is 677 g/mol. The van der Waals surface area contributed by atoms with Crippen LogP contribution in [0.25, 0.3) is 0 Å². The topological polar surface area (TPSA) is 124 Å². The Bertz CT molecular complexity index is 1690. The summed E-state index contributed by atoms with van der Waals surface area (Å²) < 4.78 is 37.7. The van der Waals surface area contributed by atoms with Crippen LogP contribution in [0.1, 0.15) is 105 Å². The summed E-state index contributed by atoms with van der Waals surface area (Å²) in [6.07, 6.45) is 4.10. The van der Waals surface area contributed by atoms with Crippen LogP contribution in [0.4, 0.5) is 15.8 Å². The molecule has 11 heteroatoms. The normalized spacial score (nSPS) is 15.7. The second-order valence-corrected chi connectivity index (χ2v) is 15.1. The largest absolute Gasteiger partial charge is 0.491 e. The van der Waals surface area contributed by atoms with Crippen molar-refractivity contribution in [1.29, 1.82) is 0 Å². The van der Waals surface area contributed by atoms with Crippen molar-refractivity contribution in [3.8, 4) is 17.2 Å². The van der Waals surface area contributed by atoms with Crippen molar-refractivity contribution in [2.24, 2.45) is 23.7 Å². The highest BCUT2D eigenvalue weighted by Gasteiger charge is 2.22. The minimum atomic E-state index is -0.591. The molecule has 53 heavy (non-hydrogen) atoms. The van der Waals surface area contributed by atoms with Gasteiger partial charge in [0.25, 0.3) is 17.7 Å². The molecule has 3 aromatic carbocycles. The van der Waals surface area contributed by atoms with Crippen molar-refractivity contribution in [2.45, 2.75) is 80.2 Å². The summed E-state index contributed by atoms with van der Waals surface area (Å²) in [6, 6.07) is 13.8. The summed E-state index contributed by atoms with van der Waals surface area (Å²) in [5.41, 5.74) is 1.68. The third-order valence-corrected chi connectivity index (χ3v) is 8.61. The highest BCUT2D eigenvalue weighted by Crippen LogP contribution is 2.31. The lowest BCUT2D eigenvalue weighted by atomic mass is 9.87. The van der Waals surface area contributed by atoms with Crippen LogP contribution in [0.15, 0.2) is 54.6 Å². The second kappa shape index (κ2) is 20.0. The molecular formula is C42H56FN3O7. The molecule has 0 spiro atoms. The smallest absolute Gasteiger partial charge is 0.255 e. The van der Waals surface area contributed by atoms with Crippen LogP contribution < -0.4 is 30.2 Å². The van der Waals surface area contributed by atoms with Gasteiger partial charge in [-0.3, -0.25) is 14.4 Å². The number of halogens is 1. The van der Waals surface area contributed by atoms with Gasteiger partial charge in [0.1, 0.15) is 18.1 Å². The quantitative estimate of drug-likeness (QED) is 0.112. The molecule has 0 saturated heterocycles. The number of nitrogens with one attached hydrogen (secondary N) is 3. The molecule has 288 valence electrons. The summed E-state index contributed by atoms with van der Waals surface area (Å²) in [7, 11) is 0. The van der Waals surface area contributed by atoms with Crippen molar-refractivity contribution in [1.82, 2.24) is 5.32 Å². The summed E-state index contributed by atoms with van der Waals surface area (Å²) in [5.74, 6) is 0.348. The minimum Gasteiger partial charge on any atom is -0.491 e. The number of carbonyl (C=O) groups is 3. The molecule has 0 aliphatic heterocycles. The highest BCUT2D eigenvalue weighted by atomic mass is 19.1. The van der Waals surface area contributed by atoms with E-state index >= 15 is 0 Å². The standard InChI is InChI=1S/C42H56FN3O7/c1-26(2)23-50-18-19-51-37-20-30(10-15-34(37)43)41(48)45-36-17-12-32(22-39(36)53-25-28(5)6)42(49)46-35-16-11-31(21-38(35)52-24-27(3)4)40(47)44-33-13-8-29(7)9-14-33/h10-12,15-17,20-22,26-29,33H,8-9,13-14,18-19,23-25H2,1-7H3,(H,44,47)(H,45,48)(H,46,49). The van der Waals surface area contributed by atoms with E-state index in [9.17, 15) is 18.8 Å². The van der Waals surface area contributed by atoms with Crippen molar-refractivity contribution in [3.05, 3.63) is 77.1 Å². The summed E-state index contributed by atoms with van der Waals surface area (Å²) in [6.45, 7) is 16.0. The fourth-order valence-corrected chi connectivity index (χ4v) is 5.63. The van der Waals surface area contributed by atoms with Gasteiger partial charge in [0.15, 0.2) is 11.6 Å². The Kier molecular flexibility index (Phi) is 15.5. The molecule has 0 bridgehead atoms. The Morgan fingerprint density at radius 3 is 1.60 bits per heavy atom. The molecule has 0 atom stereocenters. The van der Waals surface area contributed by atoms with Gasteiger partial charge in [-0.2, -0.15) is 0 Å². The maximum absolute atomic E-state index is 14.5. The zero-order chi connectivity index (χ0) is 38.5. The van der Waals surface area contributed by atoms with Gasteiger partial charge in [0, 0.05) is 29.3 Å². The fourth-order valence-electron chi connectivity index (χ4n) is 5.63. The van der Waals surface area contributed by atoms with Gasteiger partial charge >= 0.3 is 0 Å². The fraction of sp³-hybridized carbons (Fsp3) is 0.500. The monoisotopic (exact) mass is 733 g/mol. The van der Waals surface area contributed by atoms with Gasteiger partial charge in [0.2, 0.25) is 0 Å². The molecule has 3 N–H and O–H groups in total. The van der Waals surface area contributed by atoms with Crippen molar-refractivity contribution >= 4 is 29.1 Å². The highest BCUT2D eigenvalue weighted by molar-refractivity contribution is 6.08. The molecule has 10 nitrogen and oxygen atoms in total. The zero-order valence-electron chi connectivity index (χ0n) is 32.2. The molecule has 1 saturated carbocycles. The lowest BCUT2D eigenvalue weighted by Crippen LogP contribution is -2.37. The van der Waals surface area contributed by atoms with Crippen LogP contribution in [-0.2, 0) is 4.74 Å². The Morgan fingerprint density at radius 2 is 1.09 bits per heavy atom. The number of benzene rings is 3. The second-order valence-electron chi connectivity index (χ2n) is 15.1. The lowest BCUT2D eigenvalue weighted by molar-refractivity contribution is 0.0807. The number of carbonyl (C=O) groups excluding carboxylic acids is 3. The predicted octanol–water partition coefficient (Wildman–Crippen LogP) is 8.76. The van der Waals surface area contributed by atoms with E-state index < -0.39 is 17.6 Å². The van der Waals surface area contributed by atoms with E-state index in [1.165, 1.54) is 18.2 Å². The van der Waals surface area contributed by atoms with Crippen LogP contribution >= 0.6 is 0 Å².